The molecule has 1 aromatic heterocycles. The maximum absolute atomic E-state index is 12.2. The molecule has 2 fully saturated rings. The van der Waals surface area contributed by atoms with Gasteiger partial charge in [-0.3, -0.25) is 4.79 Å². The second kappa shape index (κ2) is 5.91. The summed E-state index contributed by atoms with van der Waals surface area (Å²) >= 11 is 0. The normalized spacial score (nSPS) is 22.2. The van der Waals surface area contributed by atoms with Crippen molar-refractivity contribution in [2.75, 3.05) is 13.1 Å². The van der Waals surface area contributed by atoms with E-state index in [0.717, 1.165) is 13.1 Å². The van der Waals surface area contributed by atoms with Crippen LogP contribution in [-0.4, -0.2) is 40.0 Å². The van der Waals surface area contributed by atoms with Crippen molar-refractivity contribution in [1.29, 1.82) is 0 Å². The first-order valence-corrected chi connectivity index (χ1v) is 7.67. The van der Waals surface area contributed by atoms with Crippen LogP contribution in [0.4, 0.5) is 0 Å². The molecule has 0 aromatic carbocycles. The molecule has 0 bridgehead atoms. The van der Waals surface area contributed by atoms with Crippen LogP contribution in [0, 0.1) is 5.92 Å². The highest BCUT2D eigenvalue weighted by Gasteiger charge is 2.24. The van der Waals surface area contributed by atoms with Gasteiger partial charge in [0.1, 0.15) is 0 Å². The average molecular weight is 277 g/mol. The minimum absolute atomic E-state index is 0.0957. The molecule has 1 amide bonds. The lowest BCUT2D eigenvalue weighted by molar-refractivity contribution is 0.0914. The number of nitrogens with one attached hydrogen (secondary N) is 2. The summed E-state index contributed by atoms with van der Waals surface area (Å²) in [6.45, 7) is 3.92. The molecule has 1 aliphatic carbocycles. The van der Waals surface area contributed by atoms with Crippen LogP contribution in [0.15, 0.2) is 6.20 Å². The van der Waals surface area contributed by atoms with Gasteiger partial charge in [-0.05, 0) is 25.7 Å². The van der Waals surface area contributed by atoms with Crippen LogP contribution in [0.2, 0.25) is 0 Å². The van der Waals surface area contributed by atoms with E-state index in [1.807, 2.05) is 0 Å². The van der Waals surface area contributed by atoms with E-state index in [1.54, 1.807) is 10.9 Å². The van der Waals surface area contributed by atoms with Gasteiger partial charge >= 0.3 is 0 Å². The van der Waals surface area contributed by atoms with Crippen LogP contribution >= 0.6 is 0 Å². The first-order valence-electron chi connectivity index (χ1n) is 7.67. The zero-order valence-corrected chi connectivity index (χ0v) is 12.0. The zero-order valence-electron chi connectivity index (χ0n) is 12.0. The molecule has 1 saturated heterocycles. The number of amides is 1. The Morgan fingerprint density at radius 2 is 2.15 bits per heavy atom. The summed E-state index contributed by atoms with van der Waals surface area (Å²) in [5.74, 6) is 0.514. The lowest BCUT2D eigenvalue weighted by atomic mass is 9.84. The lowest BCUT2D eigenvalue weighted by Gasteiger charge is -2.28. The van der Waals surface area contributed by atoms with Gasteiger partial charge in [0.25, 0.3) is 5.91 Å². The predicted molar refractivity (Wildman–Crippen MR) is 75.4 cm³/mol. The first-order chi connectivity index (χ1) is 9.74. The molecule has 1 aromatic rings. The Hall–Kier alpha value is -1.43. The summed E-state index contributed by atoms with van der Waals surface area (Å²) in [5, 5.41) is 14.3. The van der Waals surface area contributed by atoms with Crippen molar-refractivity contribution in [2.45, 2.75) is 51.1 Å². The fourth-order valence-electron chi connectivity index (χ4n) is 3.05. The number of rotatable bonds is 4. The molecule has 0 unspecified atom stereocenters. The number of aromatic nitrogens is 3. The number of carbonyl (C=O) groups is 1. The molecular formula is C14H23N5O. The molecule has 2 N–H and O–H groups in total. The number of hydrogen-bond donors (Lipinski definition) is 2. The lowest BCUT2D eigenvalue weighted by Crippen LogP contribution is -2.43. The Balaban J connectivity index is 1.56. The van der Waals surface area contributed by atoms with Crippen LogP contribution in [0.5, 0.6) is 0 Å². The van der Waals surface area contributed by atoms with E-state index in [9.17, 15) is 4.79 Å². The minimum Gasteiger partial charge on any atom is -0.348 e. The maximum atomic E-state index is 12.2. The Morgan fingerprint density at radius 1 is 1.40 bits per heavy atom. The van der Waals surface area contributed by atoms with Crippen LogP contribution in [0.25, 0.3) is 0 Å². The van der Waals surface area contributed by atoms with Gasteiger partial charge in [-0.15, -0.1) is 5.10 Å². The smallest absolute Gasteiger partial charge is 0.273 e. The quantitative estimate of drug-likeness (QED) is 0.865. The van der Waals surface area contributed by atoms with Crippen molar-refractivity contribution < 1.29 is 4.79 Å². The molecule has 2 aliphatic rings. The molecule has 6 heteroatoms. The highest BCUT2D eigenvalue weighted by Crippen LogP contribution is 2.26. The number of nitrogens with zero attached hydrogens (tertiary/aromatic N) is 3. The Bertz CT molecular complexity index is 462. The van der Waals surface area contributed by atoms with E-state index in [1.165, 1.54) is 32.1 Å². The zero-order chi connectivity index (χ0) is 13.9. The van der Waals surface area contributed by atoms with Gasteiger partial charge < -0.3 is 10.6 Å². The van der Waals surface area contributed by atoms with Gasteiger partial charge in [0.05, 0.1) is 12.2 Å². The van der Waals surface area contributed by atoms with E-state index in [-0.39, 0.29) is 11.9 Å². The largest absolute Gasteiger partial charge is 0.348 e. The van der Waals surface area contributed by atoms with Gasteiger partial charge in [0, 0.05) is 19.1 Å². The standard InChI is InChI=1S/C14H23N5O/c1-10(11-5-3-2-4-6-11)16-14(20)13-9-19(18-17-13)12-7-15-8-12/h9-12,15H,2-8H2,1H3,(H,16,20)/t10-/m0/s1. The topological polar surface area (TPSA) is 71.8 Å². The SMILES string of the molecule is C[C@H](NC(=O)c1cn(C2CNC2)nn1)C1CCCCC1. The highest BCUT2D eigenvalue weighted by molar-refractivity contribution is 5.92. The fraction of sp³-hybridized carbons (Fsp3) is 0.786. The molecule has 1 atom stereocenters. The molecule has 0 radical (unpaired) electrons. The van der Waals surface area contributed by atoms with Crippen molar-refractivity contribution in [3.8, 4) is 0 Å². The fourth-order valence-corrected chi connectivity index (χ4v) is 3.05. The molecule has 6 nitrogen and oxygen atoms in total. The van der Waals surface area contributed by atoms with Crippen molar-refractivity contribution in [3.05, 3.63) is 11.9 Å². The highest BCUT2D eigenvalue weighted by atomic mass is 16.2. The van der Waals surface area contributed by atoms with Crippen LogP contribution < -0.4 is 10.6 Å². The van der Waals surface area contributed by atoms with E-state index in [2.05, 4.69) is 27.9 Å². The Labute approximate surface area is 119 Å². The van der Waals surface area contributed by atoms with E-state index < -0.39 is 0 Å². The van der Waals surface area contributed by atoms with Gasteiger partial charge in [-0.2, -0.15) is 0 Å². The van der Waals surface area contributed by atoms with Crippen molar-refractivity contribution in [2.24, 2.45) is 5.92 Å². The molecular weight excluding hydrogens is 254 g/mol. The molecule has 1 saturated carbocycles. The van der Waals surface area contributed by atoms with Crippen molar-refractivity contribution in [3.63, 3.8) is 0 Å². The van der Waals surface area contributed by atoms with E-state index >= 15 is 0 Å². The molecule has 3 rings (SSSR count). The molecule has 0 spiro atoms. The molecule has 2 heterocycles. The first kappa shape index (κ1) is 13.5. The Morgan fingerprint density at radius 3 is 2.80 bits per heavy atom. The van der Waals surface area contributed by atoms with Gasteiger partial charge in [-0.25, -0.2) is 4.68 Å². The second-order valence-electron chi connectivity index (χ2n) is 6.06. The van der Waals surface area contributed by atoms with Gasteiger partial charge in [0.15, 0.2) is 5.69 Å². The van der Waals surface area contributed by atoms with E-state index in [4.69, 9.17) is 0 Å². The number of carbonyl (C=O) groups excluding carboxylic acids is 1. The van der Waals surface area contributed by atoms with Crippen molar-refractivity contribution >= 4 is 5.91 Å². The Kier molecular flexibility index (Phi) is 4.00. The molecule has 110 valence electrons. The van der Waals surface area contributed by atoms with Crippen LogP contribution in [0.1, 0.15) is 55.6 Å². The molecule has 20 heavy (non-hydrogen) atoms. The van der Waals surface area contributed by atoms with Crippen LogP contribution in [0.3, 0.4) is 0 Å². The molecule has 1 aliphatic heterocycles. The summed E-state index contributed by atoms with van der Waals surface area (Å²) in [5.41, 5.74) is 0.430. The van der Waals surface area contributed by atoms with Crippen LogP contribution in [-0.2, 0) is 0 Å². The maximum Gasteiger partial charge on any atom is 0.273 e. The third-order valence-electron chi connectivity index (χ3n) is 4.59. The van der Waals surface area contributed by atoms with Gasteiger partial charge in [-0.1, -0.05) is 24.5 Å². The monoisotopic (exact) mass is 277 g/mol. The third-order valence-corrected chi connectivity index (χ3v) is 4.59. The summed E-state index contributed by atoms with van der Waals surface area (Å²) in [6.07, 6.45) is 8.12. The van der Waals surface area contributed by atoms with E-state index in [0.29, 0.717) is 17.7 Å². The summed E-state index contributed by atoms with van der Waals surface area (Å²) < 4.78 is 1.79. The average Bonchev–Trinajstić information content (AvgIpc) is 2.87. The van der Waals surface area contributed by atoms with Gasteiger partial charge in [0.2, 0.25) is 0 Å². The van der Waals surface area contributed by atoms with Crippen molar-refractivity contribution in [1.82, 2.24) is 25.6 Å². The summed E-state index contributed by atoms with van der Waals surface area (Å²) in [4.78, 5) is 12.2. The third kappa shape index (κ3) is 2.85. The summed E-state index contributed by atoms with van der Waals surface area (Å²) in [7, 11) is 0. The predicted octanol–water partition coefficient (Wildman–Crippen LogP) is 1.12. The minimum atomic E-state index is -0.0957. The number of hydrogen-bond acceptors (Lipinski definition) is 4. The summed E-state index contributed by atoms with van der Waals surface area (Å²) in [6, 6.07) is 0.568. The second-order valence-corrected chi connectivity index (χ2v) is 6.06.